The molecule has 1 fully saturated rings. The van der Waals surface area contributed by atoms with Gasteiger partial charge in [-0.05, 0) is 61.7 Å². The van der Waals surface area contributed by atoms with Gasteiger partial charge in [0.05, 0.1) is 24.2 Å². The Labute approximate surface area is 191 Å². The van der Waals surface area contributed by atoms with Crippen molar-refractivity contribution < 1.29 is 19.2 Å². The Kier molecular flexibility index (Phi) is 6.90. The molecule has 1 saturated heterocycles. The van der Waals surface area contributed by atoms with Crippen LogP contribution in [-0.4, -0.2) is 60.7 Å². The molecule has 9 nitrogen and oxygen atoms in total. The van der Waals surface area contributed by atoms with E-state index in [4.69, 9.17) is 4.74 Å². The maximum Gasteiger partial charge on any atom is 0.338 e. The Morgan fingerprint density at radius 1 is 1.27 bits per heavy atom. The number of benzene rings is 2. The minimum absolute atomic E-state index is 0.132. The van der Waals surface area contributed by atoms with E-state index in [0.29, 0.717) is 11.7 Å². The van der Waals surface area contributed by atoms with E-state index in [1.807, 2.05) is 18.2 Å². The highest BCUT2D eigenvalue weighted by atomic mass is 16.6. The predicted molar refractivity (Wildman–Crippen MR) is 126 cm³/mol. The van der Waals surface area contributed by atoms with Crippen molar-refractivity contribution >= 4 is 33.9 Å². The summed E-state index contributed by atoms with van der Waals surface area (Å²) >= 11 is 0. The molecule has 174 valence electrons. The molecule has 0 unspecified atom stereocenters. The van der Waals surface area contributed by atoms with Crippen molar-refractivity contribution in [1.82, 2.24) is 9.88 Å². The molecule has 1 aromatic heterocycles. The Balaban J connectivity index is 1.58. The van der Waals surface area contributed by atoms with Gasteiger partial charge in [0, 0.05) is 48.5 Å². The first-order valence-corrected chi connectivity index (χ1v) is 11.0. The van der Waals surface area contributed by atoms with Crippen molar-refractivity contribution in [3.63, 3.8) is 0 Å². The third-order valence-corrected chi connectivity index (χ3v) is 6.20. The number of hydrogen-bond acceptors (Lipinski definition) is 7. The second-order valence-corrected chi connectivity index (χ2v) is 8.21. The van der Waals surface area contributed by atoms with Crippen molar-refractivity contribution in [3.05, 3.63) is 63.8 Å². The van der Waals surface area contributed by atoms with Gasteiger partial charge in [-0.2, -0.15) is 0 Å². The van der Waals surface area contributed by atoms with Crippen molar-refractivity contribution in [2.45, 2.75) is 25.3 Å². The van der Waals surface area contributed by atoms with Crippen LogP contribution in [0.3, 0.4) is 0 Å². The maximum absolute atomic E-state index is 11.8. The van der Waals surface area contributed by atoms with E-state index < -0.39 is 10.9 Å². The highest BCUT2D eigenvalue weighted by Crippen LogP contribution is 2.32. The van der Waals surface area contributed by atoms with Gasteiger partial charge in [0.2, 0.25) is 0 Å². The molecule has 3 aromatic rings. The maximum atomic E-state index is 11.8. The topological polar surface area (TPSA) is 110 Å². The number of anilines is 2. The van der Waals surface area contributed by atoms with E-state index in [9.17, 15) is 14.9 Å². The molecular formula is C24H28N4O5. The van der Waals surface area contributed by atoms with Crippen molar-refractivity contribution in [2.24, 2.45) is 0 Å². The average molecular weight is 453 g/mol. The molecule has 0 radical (unpaired) electrons. The standard InChI is InChI=1S/C24H28N4O5/c1-32-11-10-27-9-3-4-19(27)12-17-15-25-21-8-6-18(14-20(17)21)26-22-7-5-16(24(29)33-2)13-23(22)28(30)31/h5-8,13-15,19,25-26H,3-4,9-12H2,1-2H3/t19-/m1/s1. The fourth-order valence-electron chi connectivity index (χ4n) is 4.50. The second-order valence-electron chi connectivity index (χ2n) is 8.21. The number of nitrogens with one attached hydrogen (secondary N) is 2. The first-order chi connectivity index (χ1) is 16.0. The van der Waals surface area contributed by atoms with Gasteiger partial charge in [-0.15, -0.1) is 0 Å². The molecule has 1 aliphatic rings. The predicted octanol–water partition coefficient (Wildman–Crippen LogP) is 4.26. The molecule has 0 saturated carbocycles. The van der Waals surface area contributed by atoms with Gasteiger partial charge < -0.3 is 19.8 Å². The summed E-state index contributed by atoms with van der Waals surface area (Å²) in [4.78, 5) is 28.7. The zero-order valence-electron chi connectivity index (χ0n) is 18.8. The Hall–Kier alpha value is -3.43. The van der Waals surface area contributed by atoms with E-state index in [-0.39, 0.29) is 11.3 Å². The number of carbonyl (C=O) groups excluding carboxylic acids is 1. The van der Waals surface area contributed by atoms with E-state index in [1.165, 1.54) is 37.3 Å². The minimum Gasteiger partial charge on any atom is -0.465 e. The van der Waals surface area contributed by atoms with E-state index in [0.717, 1.165) is 49.1 Å². The number of likely N-dealkylation sites (tertiary alicyclic amines) is 1. The van der Waals surface area contributed by atoms with E-state index in [2.05, 4.69) is 26.1 Å². The summed E-state index contributed by atoms with van der Waals surface area (Å²) in [6.45, 7) is 2.75. The summed E-state index contributed by atoms with van der Waals surface area (Å²) in [6, 6.07) is 10.6. The first-order valence-electron chi connectivity index (χ1n) is 11.0. The van der Waals surface area contributed by atoms with Gasteiger partial charge in [0.15, 0.2) is 0 Å². The summed E-state index contributed by atoms with van der Waals surface area (Å²) in [5.74, 6) is -0.616. The van der Waals surface area contributed by atoms with Gasteiger partial charge in [0.1, 0.15) is 5.69 Å². The number of aromatic nitrogens is 1. The number of ether oxygens (including phenoxy) is 2. The molecule has 2 N–H and O–H groups in total. The molecule has 0 amide bonds. The van der Waals surface area contributed by atoms with E-state index >= 15 is 0 Å². The van der Waals surface area contributed by atoms with Crippen LogP contribution in [0.15, 0.2) is 42.6 Å². The highest BCUT2D eigenvalue weighted by molar-refractivity contribution is 5.92. The van der Waals surface area contributed by atoms with Gasteiger partial charge in [-0.3, -0.25) is 15.0 Å². The van der Waals surface area contributed by atoms with Crippen molar-refractivity contribution in [2.75, 3.05) is 39.2 Å². The van der Waals surface area contributed by atoms with Crippen LogP contribution in [0.1, 0.15) is 28.8 Å². The zero-order chi connectivity index (χ0) is 23.4. The number of rotatable bonds is 9. The molecule has 9 heteroatoms. The lowest BCUT2D eigenvalue weighted by Crippen LogP contribution is -2.33. The fraction of sp³-hybridized carbons (Fsp3) is 0.375. The minimum atomic E-state index is -0.616. The lowest BCUT2D eigenvalue weighted by Gasteiger charge is -2.23. The van der Waals surface area contributed by atoms with Gasteiger partial charge in [-0.1, -0.05) is 0 Å². The third kappa shape index (κ3) is 4.99. The van der Waals surface area contributed by atoms with Gasteiger partial charge in [-0.25, -0.2) is 4.79 Å². The Morgan fingerprint density at radius 2 is 2.12 bits per heavy atom. The largest absolute Gasteiger partial charge is 0.465 e. The van der Waals surface area contributed by atoms with Crippen LogP contribution >= 0.6 is 0 Å². The summed E-state index contributed by atoms with van der Waals surface area (Å²) in [7, 11) is 2.97. The van der Waals surface area contributed by atoms with Crippen LogP contribution in [-0.2, 0) is 15.9 Å². The molecule has 0 spiro atoms. The number of carbonyl (C=O) groups is 1. The summed E-state index contributed by atoms with van der Waals surface area (Å²) < 4.78 is 9.92. The average Bonchev–Trinajstić information content (AvgIpc) is 3.44. The van der Waals surface area contributed by atoms with E-state index in [1.54, 1.807) is 7.11 Å². The summed E-state index contributed by atoms with van der Waals surface area (Å²) in [5.41, 5.74) is 3.23. The molecule has 33 heavy (non-hydrogen) atoms. The molecule has 4 rings (SSSR count). The first kappa shape index (κ1) is 22.8. The second kappa shape index (κ2) is 10.0. The number of methoxy groups -OCH3 is 2. The Morgan fingerprint density at radius 3 is 2.88 bits per heavy atom. The summed E-state index contributed by atoms with van der Waals surface area (Å²) in [6.07, 6.45) is 5.33. The number of nitrogens with zero attached hydrogens (tertiary/aromatic N) is 2. The van der Waals surface area contributed by atoms with Crippen LogP contribution < -0.4 is 5.32 Å². The van der Waals surface area contributed by atoms with Crippen LogP contribution in [0.2, 0.25) is 0 Å². The zero-order valence-corrected chi connectivity index (χ0v) is 18.8. The van der Waals surface area contributed by atoms with Crippen molar-refractivity contribution in [1.29, 1.82) is 0 Å². The molecule has 0 bridgehead atoms. The monoisotopic (exact) mass is 452 g/mol. The third-order valence-electron chi connectivity index (χ3n) is 6.20. The van der Waals surface area contributed by atoms with Gasteiger partial charge in [0.25, 0.3) is 5.69 Å². The van der Waals surface area contributed by atoms with Crippen LogP contribution in [0.5, 0.6) is 0 Å². The molecule has 1 aliphatic heterocycles. The fourth-order valence-corrected chi connectivity index (χ4v) is 4.50. The highest BCUT2D eigenvalue weighted by Gasteiger charge is 2.25. The molecule has 2 aromatic carbocycles. The molecule has 1 atom stereocenters. The Bertz CT molecular complexity index is 1160. The molecule has 0 aliphatic carbocycles. The lowest BCUT2D eigenvalue weighted by atomic mass is 10.0. The lowest BCUT2D eigenvalue weighted by molar-refractivity contribution is -0.383. The van der Waals surface area contributed by atoms with Crippen molar-refractivity contribution in [3.8, 4) is 0 Å². The normalized spacial score (nSPS) is 16.2. The number of aromatic amines is 1. The number of fused-ring (bicyclic) bond motifs is 1. The molecule has 2 heterocycles. The summed E-state index contributed by atoms with van der Waals surface area (Å²) in [5, 5.41) is 15.8. The van der Waals surface area contributed by atoms with Gasteiger partial charge >= 0.3 is 5.97 Å². The number of nitro groups is 1. The number of esters is 1. The van der Waals surface area contributed by atoms with Crippen LogP contribution in [0.25, 0.3) is 10.9 Å². The SMILES string of the molecule is COCCN1CCC[C@@H]1Cc1c[nH]c2ccc(Nc3ccc(C(=O)OC)cc3[N+](=O)[O-])cc12. The quantitative estimate of drug-likeness (QED) is 0.284. The van der Waals surface area contributed by atoms with Crippen LogP contribution in [0.4, 0.5) is 17.1 Å². The van der Waals surface area contributed by atoms with Crippen LogP contribution in [0, 0.1) is 10.1 Å². The number of nitro benzene ring substituents is 1. The number of hydrogen-bond donors (Lipinski definition) is 2. The molecular weight excluding hydrogens is 424 g/mol. The number of H-pyrrole nitrogens is 1. The smallest absolute Gasteiger partial charge is 0.338 e.